The van der Waals surface area contributed by atoms with Crippen LogP contribution in [0.3, 0.4) is 0 Å². The summed E-state index contributed by atoms with van der Waals surface area (Å²) in [6.07, 6.45) is 2.10. The number of aliphatic hydroxyl groups excluding tert-OH is 1. The van der Waals surface area contributed by atoms with Crippen LogP contribution in [0.5, 0.6) is 0 Å². The predicted molar refractivity (Wildman–Crippen MR) is 63.5 cm³/mol. The molecule has 0 fully saturated rings. The molecule has 0 aliphatic rings. The van der Waals surface area contributed by atoms with Gasteiger partial charge in [-0.3, -0.25) is 9.78 Å². The molecule has 0 radical (unpaired) electrons. The molecule has 8 heteroatoms. The maximum atomic E-state index is 12.3. The molecule has 7 nitrogen and oxygen atoms in total. The van der Waals surface area contributed by atoms with Crippen LogP contribution in [0, 0.1) is 0 Å². The summed E-state index contributed by atoms with van der Waals surface area (Å²) in [6.45, 7) is 0.00197. The number of imidazole rings is 1. The zero-order valence-corrected chi connectivity index (χ0v) is 9.43. The summed E-state index contributed by atoms with van der Waals surface area (Å²) in [4.78, 5) is 21.7. The van der Waals surface area contributed by atoms with E-state index in [2.05, 4.69) is 15.0 Å². The van der Waals surface area contributed by atoms with Crippen molar-refractivity contribution in [1.82, 2.24) is 19.5 Å². The highest BCUT2D eigenvalue weighted by atomic mass is 19.1. The van der Waals surface area contributed by atoms with Crippen molar-refractivity contribution < 1.29 is 9.50 Å². The highest BCUT2D eigenvalue weighted by molar-refractivity contribution is 5.70. The van der Waals surface area contributed by atoms with Crippen molar-refractivity contribution >= 4 is 17.1 Å². The van der Waals surface area contributed by atoms with Gasteiger partial charge in [0.25, 0.3) is 5.56 Å². The molecule has 2 aromatic heterocycles. The molecule has 0 unspecified atom stereocenters. The van der Waals surface area contributed by atoms with Gasteiger partial charge in [0.1, 0.15) is 0 Å². The fourth-order valence-electron chi connectivity index (χ4n) is 1.57. The van der Waals surface area contributed by atoms with Gasteiger partial charge < -0.3 is 15.4 Å². The number of nitrogens with one attached hydrogen (secondary N) is 1. The van der Waals surface area contributed by atoms with Crippen molar-refractivity contribution in [1.29, 1.82) is 0 Å². The van der Waals surface area contributed by atoms with Gasteiger partial charge in [0.2, 0.25) is 5.95 Å². The van der Waals surface area contributed by atoms with Gasteiger partial charge in [-0.15, -0.1) is 0 Å². The first kappa shape index (κ1) is 12.2. The summed E-state index contributed by atoms with van der Waals surface area (Å²) in [5.74, 6) is -0.00216. The van der Waals surface area contributed by atoms with E-state index in [0.29, 0.717) is 24.9 Å². The zero-order chi connectivity index (χ0) is 13.1. The number of nitrogen functional groups attached to an aromatic ring is 1. The monoisotopic (exact) mass is 253 g/mol. The number of hydrogen-bond acceptors (Lipinski definition) is 5. The first-order chi connectivity index (χ1) is 8.65. The van der Waals surface area contributed by atoms with Crippen molar-refractivity contribution in [3.63, 3.8) is 0 Å². The van der Waals surface area contributed by atoms with E-state index in [1.165, 1.54) is 6.33 Å². The van der Waals surface area contributed by atoms with E-state index < -0.39 is 5.56 Å². The molecule has 0 amide bonds. The SMILES string of the molecule is Nc1nc2c(ncn2CC/C(=C/F)CO)c(=O)[nH]1. The van der Waals surface area contributed by atoms with E-state index in [0.717, 1.165) is 0 Å². The third kappa shape index (κ3) is 2.23. The second kappa shape index (κ2) is 4.96. The highest BCUT2D eigenvalue weighted by Crippen LogP contribution is 2.10. The normalized spacial score (nSPS) is 12.2. The Morgan fingerprint density at radius 2 is 2.44 bits per heavy atom. The molecule has 2 rings (SSSR count). The van der Waals surface area contributed by atoms with Crippen molar-refractivity contribution in [2.75, 3.05) is 12.3 Å². The van der Waals surface area contributed by atoms with E-state index in [9.17, 15) is 9.18 Å². The van der Waals surface area contributed by atoms with E-state index in [1.54, 1.807) is 4.57 Å². The van der Waals surface area contributed by atoms with E-state index in [-0.39, 0.29) is 23.6 Å². The molecule has 0 saturated carbocycles. The van der Waals surface area contributed by atoms with Crippen molar-refractivity contribution in [3.8, 4) is 0 Å². The second-order valence-electron chi connectivity index (χ2n) is 3.74. The van der Waals surface area contributed by atoms with Gasteiger partial charge in [0.15, 0.2) is 11.2 Å². The van der Waals surface area contributed by atoms with E-state index >= 15 is 0 Å². The Bertz CT molecular complexity index is 645. The van der Waals surface area contributed by atoms with Crippen LogP contribution in [0.4, 0.5) is 10.3 Å². The lowest BCUT2D eigenvalue weighted by Gasteiger charge is -2.04. The first-order valence-electron chi connectivity index (χ1n) is 5.25. The molecule has 0 spiro atoms. The largest absolute Gasteiger partial charge is 0.392 e. The minimum Gasteiger partial charge on any atom is -0.392 e. The van der Waals surface area contributed by atoms with Crippen molar-refractivity contribution in [2.45, 2.75) is 13.0 Å². The minimum absolute atomic E-state index is 0.00216. The summed E-state index contributed by atoms with van der Waals surface area (Å²) in [5.41, 5.74) is 5.80. The molecule has 0 saturated heterocycles. The summed E-state index contributed by atoms with van der Waals surface area (Å²) < 4.78 is 13.9. The van der Waals surface area contributed by atoms with E-state index in [4.69, 9.17) is 10.8 Å². The third-order valence-corrected chi connectivity index (χ3v) is 2.52. The standard InChI is InChI=1S/C10H12FN5O2/c11-3-6(4-17)1-2-16-5-13-7-8(16)14-10(12)15-9(7)18/h3,5,17H,1-2,4H2,(H3,12,14,15,18)/b6-3-. The molecule has 0 aliphatic carbocycles. The van der Waals surface area contributed by atoms with Gasteiger partial charge in [-0.1, -0.05) is 0 Å². The summed E-state index contributed by atoms with van der Waals surface area (Å²) in [7, 11) is 0. The molecule has 96 valence electrons. The number of halogens is 1. The van der Waals surface area contributed by atoms with Gasteiger partial charge in [-0.25, -0.2) is 9.37 Å². The Morgan fingerprint density at radius 3 is 3.11 bits per heavy atom. The first-order valence-corrected chi connectivity index (χ1v) is 5.25. The fourth-order valence-corrected chi connectivity index (χ4v) is 1.57. The number of aromatic amines is 1. The van der Waals surface area contributed by atoms with Gasteiger partial charge in [-0.05, 0) is 12.0 Å². The third-order valence-electron chi connectivity index (χ3n) is 2.52. The van der Waals surface area contributed by atoms with Crippen LogP contribution in [0.2, 0.25) is 0 Å². The molecule has 0 aliphatic heterocycles. The van der Waals surface area contributed by atoms with Crippen LogP contribution >= 0.6 is 0 Å². The molecular formula is C10H12FN5O2. The number of H-pyrrole nitrogens is 1. The Balaban J connectivity index is 2.32. The number of aromatic nitrogens is 4. The van der Waals surface area contributed by atoms with Gasteiger partial charge in [-0.2, -0.15) is 4.98 Å². The number of nitrogens with zero attached hydrogens (tertiary/aromatic N) is 3. The molecule has 0 aromatic carbocycles. The number of rotatable bonds is 4. The van der Waals surface area contributed by atoms with Gasteiger partial charge in [0, 0.05) is 6.54 Å². The predicted octanol–water partition coefficient (Wildman–Crippen LogP) is -0.0624. The number of anilines is 1. The molecule has 18 heavy (non-hydrogen) atoms. The Morgan fingerprint density at radius 1 is 1.67 bits per heavy atom. The summed E-state index contributed by atoms with van der Waals surface area (Å²) in [5, 5.41) is 8.83. The Kier molecular flexibility index (Phi) is 3.38. The minimum atomic E-state index is -0.417. The van der Waals surface area contributed by atoms with Crippen LogP contribution in [0.25, 0.3) is 11.2 Å². The number of aliphatic hydroxyl groups is 1. The molecule has 2 aromatic rings. The molecule has 0 atom stereocenters. The Hall–Kier alpha value is -2.22. The lowest BCUT2D eigenvalue weighted by atomic mass is 10.2. The maximum absolute atomic E-state index is 12.3. The van der Waals surface area contributed by atoms with Crippen LogP contribution < -0.4 is 11.3 Å². The second-order valence-corrected chi connectivity index (χ2v) is 3.74. The summed E-state index contributed by atoms with van der Waals surface area (Å²) in [6, 6.07) is 0. The summed E-state index contributed by atoms with van der Waals surface area (Å²) >= 11 is 0. The van der Waals surface area contributed by atoms with Crippen LogP contribution in [-0.2, 0) is 6.54 Å². The van der Waals surface area contributed by atoms with Gasteiger partial charge in [0.05, 0.1) is 19.3 Å². The number of aryl methyl sites for hydroxylation is 1. The van der Waals surface area contributed by atoms with E-state index in [1.807, 2.05) is 0 Å². The maximum Gasteiger partial charge on any atom is 0.280 e. The topological polar surface area (TPSA) is 110 Å². The quantitative estimate of drug-likeness (QED) is 0.707. The molecule has 4 N–H and O–H groups in total. The zero-order valence-electron chi connectivity index (χ0n) is 9.43. The fraction of sp³-hybridized carbons (Fsp3) is 0.300. The van der Waals surface area contributed by atoms with Crippen molar-refractivity contribution in [3.05, 3.63) is 28.6 Å². The van der Waals surface area contributed by atoms with Crippen LogP contribution in [-0.4, -0.2) is 31.2 Å². The van der Waals surface area contributed by atoms with Crippen molar-refractivity contribution in [2.24, 2.45) is 0 Å². The molecule has 0 bridgehead atoms. The average Bonchev–Trinajstić information content (AvgIpc) is 2.74. The molecule has 2 heterocycles. The van der Waals surface area contributed by atoms with Crippen LogP contribution in [0.15, 0.2) is 23.0 Å². The number of nitrogens with two attached hydrogens (primary N) is 1. The molecular weight excluding hydrogens is 241 g/mol. The Labute approximate surface area is 101 Å². The number of fused-ring (bicyclic) bond motifs is 1. The average molecular weight is 253 g/mol. The highest BCUT2D eigenvalue weighted by Gasteiger charge is 2.09. The lowest BCUT2D eigenvalue weighted by Crippen LogP contribution is -2.12. The smallest absolute Gasteiger partial charge is 0.280 e. The van der Waals surface area contributed by atoms with Gasteiger partial charge >= 0.3 is 0 Å². The lowest BCUT2D eigenvalue weighted by molar-refractivity contribution is 0.322. The van der Waals surface area contributed by atoms with Crippen LogP contribution in [0.1, 0.15) is 6.42 Å². The number of hydrogen-bond donors (Lipinski definition) is 3.